The molecule has 1 heterocycles. The second-order valence-corrected chi connectivity index (χ2v) is 10.7. The van der Waals surface area contributed by atoms with Crippen LogP contribution in [-0.4, -0.2) is 22.3 Å². The van der Waals surface area contributed by atoms with Crippen LogP contribution in [0.5, 0.6) is 5.75 Å². The van der Waals surface area contributed by atoms with Crippen molar-refractivity contribution < 1.29 is 4.74 Å². The van der Waals surface area contributed by atoms with Crippen molar-refractivity contribution in [2.75, 3.05) is 12.4 Å². The van der Waals surface area contributed by atoms with Gasteiger partial charge in [0.15, 0.2) is 5.16 Å². The van der Waals surface area contributed by atoms with Crippen LogP contribution in [0.15, 0.2) is 41.8 Å². The molecular weight excluding hydrogens is 424 g/mol. The quantitative estimate of drug-likeness (QED) is 0.117. The molecule has 33 heavy (non-hydrogen) atoms. The number of aromatic nitrogens is 2. The molecule has 2 aromatic rings. The van der Waals surface area contributed by atoms with Crippen molar-refractivity contribution in [1.29, 1.82) is 0 Å². The lowest BCUT2D eigenvalue weighted by molar-refractivity contribution is 0.304. The van der Waals surface area contributed by atoms with Gasteiger partial charge in [0.2, 0.25) is 0 Å². The van der Waals surface area contributed by atoms with Crippen molar-refractivity contribution >= 4 is 11.8 Å². The van der Waals surface area contributed by atoms with Gasteiger partial charge in [0, 0.05) is 23.7 Å². The fraction of sp³-hybridized carbons (Fsp3) is 0.655. The molecule has 1 aliphatic carbocycles. The highest BCUT2D eigenvalue weighted by Gasteiger charge is 2.19. The van der Waals surface area contributed by atoms with Crippen LogP contribution in [0.1, 0.15) is 103 Å². The Labute approximate surface area is 206 Å². The van der Waals surface area contributed by atoms with Gasteiger partial charge in [-0.25, -0.2) is 9.97 Å². The monoisotopic (exact) mass is 468 g/mol. The van der Waals surface area contributed by atoms with Crippen LogP contribution in [0.4, 0.5) is 0 Å². The van der Waals surface area contributed by atoms with Crippen LogP contribution in [0.3, 0.4) is 0 Å². The first-order valence-electron chi connectivity index (χ1n) is 13.5. The number of benzene rings is 1. The van der Waals surface area contributed by atoms with Gasteiger partial charge in [0.1, 0.15) is 5.75 Å². The minimum atomic E-state index is 0.815. The lowest BCUT2D eigenvalue weighted by Gasteiger charge is -2.08. The Morgan fingerprint density at radius 3 is 2.09 bits per heavy atom. The third kappa shape index (κ3) is 11.4. The van der Waals surface area contributed by atoms with Gasteiger partial charge in [0.25, 0.3) is 0 Å². The van der Waals surface area contributed by atoms with Crippen molar-refractivity contribution in [2.45, 2.75) is 108 Å². The number of thioether (sulfide) groups is 1. The lowest BCUT2D eigenvalue weighted by atomic mass is 10.1. The van der Waals surface area contributed by atoms with E-state index in [1.54, 1.807) is 11.8 Å². The average Bonchev–Trinajstić information content (AvgIpc) is 3.68. The van der Waals surface area contributed by atoms with Crippen LogP contribution >= 0.6 is 11.8 Å². The van der Waals surface area contributed by atoms with Gasteiger partial charge < -0.3 is 4.74 Å². The zero-order valence-corrected chi connectivity index (χ0v) is 21.6. The molecule has 1 fully saturated rings. The van der Waals surface area contributed by atoms with E-state index >= 15 is 0 Å². The molecule has 3 rings (SSSR count). The number of unbranched alkanes of at least 4 members (excludes halogenated alkanes) is 10. The van der Waals surface area contributed by atoms with Crippen LogP contribution in [0, 0.1) is 5.92 Å². The van der Waals surface area contributed by atoms with Gasteiger partial charge in [-0.1, -0.05) is 114 Å². The van der Waals surface area contributed by atoms with E-state index in [0.717, 1.165) is 46.7 Å². The Hall–Kier alpha value is -1.55. The SMILES string of the molecule is CCCCCCCCSc1ncc(-c2ccc(OCCCCCCCCC3CC3)cc2)cn1. The fourth-order valence-electron chi connectivity index (χ4n) is 4.17. The van der Waals surface area contributed by atoms with E-state index in [1.807, 2.05) is 12.4 Å². The molecule has 4 heteroatoms. The van der Waals surface area contributed by atoms with Gasteiger partial charge in [-0.3, -0.25) is 0 Å². The molecule has 0 spiro atoms. The number of ether oxygens (including phenoxy) is 1. The molecular formula is C29H44N2OS. The molecule has 0 amide bonds. The molecule has 0 N–H and O–H groups in total. The summed E-state index contributed by atoms with van der Waals surface area (Å²) >= 11 is 1.77. The van der Waals surface area contributed by atoms with Crippen LogP contribution < -0.4 is 4.74 Å². The standard InChI is InChI=1S/C29H44N2OS/c1-2-3-4-5-10-13-22-33-29-30-23-27(24-31-29)26-17-19-28(20-18-26)32-21-12-9-7-6-8-11-14-25-15-16-25/h17-20,23-25H,2-16,21-22H2,1H3. The Bertz CT molecular complexity index is 743. The summed E-state index contributed by atoms with van der Waals surface area (Å²) in [6.07, 6.45) is 24.4. The summed E-state index contributed by atoms with van der Waals surface area (Å²) in [6, 6.07) is 8.34. The summed E-state index contributed by atoms with van der Waals surface area (Å²) in [6.45, 7) is 3.08. The molecule has 1 aromatic carbocycles. The maximum absolute atomic E-state index is 5.93. The highest BCUT2D eigenvalue weighted by atomic mass is 32.2. The van der Waals surface area contributed by atoms with Crippen LogP contribution in [-0.2, 0) is 0 Å². The molecule has 182 valence electrons. The highest BCUT2D eigenvalue weighted by Crippen LogP contribution is 2.34. The van der Waals surface area contributed by atoms with Crippen molar-refractivity contribution in [1.82, 2.24) is 9.97 Å². The molecule has 0 unspecified atom stereocenters. The summed E-state index contributed by atoms with van der Waals surface area (Å²) in [5.74, 6) is 3.16. The summed E-state index contributed by atoms with van der Waals surface area (Å²) < 4.78 is 5.93. The van der Waals surface area contributed by atoms with E-state index in [1.165, 1.54) is 89.9 Å². The topological polar surface area (TPSA) is 35.0 Å². The second kappa shape index (κ2) is 16.1. The maximum atomic E-state index is 5.93. The molecule has 1 saturated carbocycles. The third-order valence-corrected chi connectivity index (χ3v) is 7.48. The molecule has 1 aromatic heterocycles. The summed E-state index contributed by atoms with van der Waals surface area (Å²) in [5.41, 5.74) is 2.20. The maximum Gasteiger partial charge on any atom is 0.187 e. The molecule has 1 aliphatic rings. The fourth-order valence-corrected chi connectivity index (χ4v) is 4.95. The summed E-state index contributed by atoms with van der Waals surface area (Å²) in [4.78, 5) is 9.11. The van der Waals surface area contributed by atoms with E-state index in [0.29, 0.717) is 0 Å². The lowest BCUT2D eigenvalue weighted by Crippen LogP contribution is -1.97. The Kier molecular flexibility index (Phi) is 12.7. The first kappa shape index (κ1) is 26.1. The third-order valence-electron chi connectivity index (χ3n) is 6.52. The van der Waals surface area contributed by atoms with Crippen molar-refractivity contribution in [3.63, 3.8) is 0 Å². The summed E-state index contributed by atoms with van der Waals surface area (Å²) in [5, 5.41) is 0.884. The zero-order valence-electron chi connectivity index (χ0n) is 20.8. The van der Waals surface area contributed by atoms with Crippen molar-refractivity contribution in [3.05, 3.63) is 36.7 Å². The number of hydrogen-bond acceptors (Lipinski definition) is 4. The minimum absolute atomic E-state index is 0.815. The smallest absolute Gasteiger partial charge is 0.187 e. The largest absolute Gasteiger partial charge is 0.494 e. The van der Waals surface area contributed by atoms with Crippen LogP contribution in [0.25, 0.3) is 11.1 Å². The average molecular weight is 469 g/mol. The predicted molar refractivity (Wildman–Crippen MR) is 142 cm³/mol. The first-order valence-corrected chi connectivity index (χ1v) is 14.5. The van der Waals surface area contributed by atoms with Crippen molar-refractivity contribution in [3.8, 4) is 16.9 Å². The van der Waals surface area contributed by atoms with E-state index in [9.17, 15) is 0 Å². The summed E-state index contributed by atoms with van der Waals surface area (Å²) in [7, 11) is 0. The normalized spacial score (nSPS) is 13.4. The minimum Gasteiger partial charge on any atom is -0.494 e. The van der Waals surface area contributed by atoms with E-state index in [4.69, 9.17) is 4.74 Å². The second-order valence-electron chi connectivity index (χ2n) is 9.60. The van der Waals surface area contributed by atoms with Gasteiger partial charge in [0.05, 0.1) is 6.61 Å². The highest BCUT2D eigenvalue weighted by molar-refractivity contribution is 7.99. The molecule has 0 radical (unpaired) electrons. The zero-order chi connectivity index (χ0) is 23.0. The van der Waals surface area contributed by atoms with Crippen LogP contribution in [0.2, 0.25) is 0 Å². The number of hydrogen-bond donors (Lipinski definition) is 0. The Balaban J connectivity index is 1.25. The Morgan fingerprint density at radius 2 is 1.39 bits per heavy atom. The van der Waals surface area contributed by atoms with Gasteiger partial charge in [-0.05, 0) is 36.5 Å². The molecule has 0 saturated heterocycles. The molecule has 0 atom stereocenters. The van der Waals surface area contributed by atoms with E-state index in [-0.39, 0.29) is 0 Å². The Morgan fingerprint density at radius 1 is 0.758 bits per heavy atom. The number of nitrogens with zero attached hydrogens (tertiary/aromatic N) is 2. The predicted octanol–water partition coefficient (Wildman–Crippen LogP) is 9.12. The first-order chi connectivity index (χ1) is 16.3. The number of rotatable bonds is 19. The van der Waals surface area contributed by atoms with Gasteiger partial charge in [-0.15, -0.1) is 0 Å². The van der Waals surface area contributed by atoms with E-state index in [2.05, 4.69) is 41.2 Å². The van der Waals surface area contributed by atoms with E-state index < -0.39 is 0 Å². The molecule has 0 bridgehead atoms. The molecule has 0 aliphatic heterocycles. The van der Waals surface area contributed by atoms with Gasteiger partial charge >= 0.3 is 0 Å². The molecule has 3 nitrogen and oxygen atoms in total. The van der Waals surface area contributed by atoms with Crippen molar-refractivity contribution in [2.24, 2.45) is 5.92 Å². The van der Waals surface area contributed by atoms with Gasteiger partial charge in [-0.2, -0.15) is 0 Å².